The maximum Gasteiger partial charge on any atom is 0.222 e. The van der Waals surface area contributed by atoms with Gasteiger partial charge in [-0.2, -0.15) is 4.98 Å². The summed E-state index contributed by atoms with van der Waals surface area (Å²) in [7, 11) is 0. The fourth-order valence-corrected chi connectivity index (χ4v) is 4.40. The van der Waals surface area contributed by atoms with Crippen LogP contribution in [0.5, 0.6) is 0 Å². The molecule has 9 heteroatoms. The van der Waals surface area contributed by atoms with Crippen LogP contribution in [0.3, 0.4) is 0 Å². The number of benzene rings is 2. The van der Waals surface area contributed by atoms with Gasteiger partial charge in [-0.1, -0.05) is 28.1 Å². The maximum atomic E-state index is 5.97. The number of hydrazine groups is 1. The van der Waals surface area contributed by atoms with Gasteiger partial charge in [0, 0.05) is 54.5 Å². The third kappa shape index (κ3) is 4.86. The summed E-state index contributed by atoms with van der Waals surface area (Å²) in [5.41, 5.74) is 13.6. The molecular formula is C23H26BrN7O. The van der Waals surface area contributed by atoms with Crippen molar-refractivity contribution >= 4 is 49.9 Å². The number of fused-ring (bicyclic) bond motifs is 1. The minimum Gasteiger partial charge on any atom is -0.379 e. The number of nitrogens with zero attached hydrogens (tertiary/aromatic N) is 4. The van der Waals surface area contributed by atoms with Gasteiger partial charge >= 0.3 is 0 Å². The van der Waals surface area contributed by atoms with Gasteiger partial charge in [0.15, 0.2) is 0 Å². The van der Waals surface area contributed by atoms with Crippen LogP contribution in [0.2, 0.25) is 0 Å². The van der Waals surface area contributed by atoms with Gasteiger partial charge in [0.25, 0.3) is 0 Å². The zero-order valence-corrected chi connectivity index (χ0v) is 19.3. The van der Waals surface area contributed by atoms with Gasteiger partial charge in [0.2, 0.25) is 5.95 Å². The maximum absolute atomic E-state index is 5.97. The van der Waals surface area contributed by atoms with Crippen molar-refractivity contribution in [3.05, 3.63) is 58.7 Å². The van der Waals surface area contributed by atoms with E-state index >= 15 is 0 Å². The van der Waals surface area contributed by atoms with Crippen LogP contribution in [-0.2, 0) is 4.74 Å². The normalized spacial score (nSPS) is 17.0. The number of hydrogen-bond donors (Lipinski definition) is 3. The number of hydrogen-bond acceptors (Lipinski definition) is 8. The van der Waals surface area contributed by atoms with Gasteiger partial charge in [-0.05, 0) is 41.5 Å². The summed E-state index contributed by atoms with van der Waals surface area (Å²) < 4.78 is 6.43. The highest BCUT2D eigenvalue weighted by molar-refractivity contribution is 9.10. The van der Waals surface area contributed by atoms with Gasteiger partial charge in [-0.3, -0.25) is 4.90 Å². The first-order valence-electron chi connectivity index (χ1n) is 10.8. The number of aromatic nitrogens is 2. The number of anilines is 3. The minimum atomic E-state index is 0.249. The van der Waals surface area contributed by atoms with Crippen LogP contribution in [0.1, 0.15) is 5.56 Å². The molecule has 8 nitrogen and oxygen atoms in total. The number of ether oxygens (including phenoxy) is 1. The molecule has 2 aliphatic heterocycles. The van der Waals surface area contributed by atoms with E-state index in [2.05, 4.69) is 64.9 Å². The Morgan fingerprint density at radius 2 is 1.97 bits per heavy atom. The molecule has 3 aromatic rings. The number of halogens is 1. The fourth-order valence-electron chi connectivity index (χ4n) is 4.00. The van der Waals surface area contributed by atoms with Crippen molar-refractivity contribution in [3.8, 4) is 0 Å². The van der Waals surface area contributed by atoms with E-state index in [1.807, 2.05) is 30.3 Å². The van der Waals surface area contributed by atoms with Crippen molar-refractivity contribution in [1.82, 2.24) is 25.3 Å². The second kappa shape index (κ2) is 9.41. The summed E-state index contributed by atoms with van der Waals surface area (Å²) >= 11 is 3.51. The zero-order valence-electron chi connectivity index (χ0n) is 17.7. The summed E-state index contributed by atoms with van der Waals surface area (Å²) in [5, 5.41) is 6.50. The Bertz CT molecular complexity index is 1150. The third-order valence-corrected chi connectivity index (χ3v) is 6.21. The Kier molecular flexibility index (Phi) is 6.22. The Morgan fingerprint density at radius 1 is 1.09 bits per heavy atom. The number of morpholine rings is 1. The van der Waals surface area contributed by atoms with Crippen LogP contribution in [-0.4, -0.2) is 65.8 Å². The van der Waals surface area contributed by atoms with E-state index in [4.69, 9.17) is 10.5 Å². The quantitative estimate of drug-likeness (QED) is 0.480. The molecule has 1 fully saturated rings. The lowest BCUT2D eigenvalue weighted by molar-refractivity contribution is 0.0340. The molecule has 0 saturated carbocycles. The van der Waals surface area contributed by atoms with Crippen molar-refractivity contribution in [2.75, 3.05) is 57.0 Å². The molecule has 0 bridgehead atoms. The molecule has 0 amide bonds. The largest absolute Gasteiger partial charge is 0.379 e. The van der Waals surface area contributed by atoms with Gasteiger partial charge in [0.05, 0.1) is 18.7 Å². The molecule has 0 unspecified atom stereocenters. The van der Waals surface area contributed by atoms with Gasteiger partial charge in [-0.25, -0.2) is 10.4 Å². The van der Waals surface area contributed by atoms with E-state index in [0.29, 0.717) is 5.82 Å². The Labute approximate surface area is 195 Å². The lowest BCUT2D eigenvalue weighted by Crippen LogP contribution is -2.42. The number of nitrogens with one attached hydrogen (secondary N) is 2. The number of nitrogens with two attached hydrogens (primary N) is 1. The SMILES string of the molecule is Nc1nc(Nc2cccc(Br)c2)c2cc(C3=CN(CCN4CCOCC4)NC3)ccc2n1. The second-order valence-electron chi connectivity index (χ2n) is 7.93. The Morgan fingerprint density at radius 3 is 2.81 bits per heavy atom. The molecule has 4 N–H and O–H groups in total. The highest BCUT2D eigenvalue weighted by Crippen LogP contribution is 2.29. The van der Waals surface area contributed by atoms with Crippen LogP contribution in [0.4, 0.5) is 17.5 Å². The third-order valence-electron chi connectivity index (χ3n) is 5.72. The average molecular weight is 496 g/mol. The van der Waals surface area contributed by atoms with E-state index in [1.165, 1.54) is 5.57 Å². The lowest BCUT2D eigenvalue weighted by atomic mass is 10.0. The van der Waals surface area contributed by atoms with Crippen molar-refractivity contribution < 1.29 is 4.74 Å². The second-order valence-corrected chi connectivity index (χ2v) is 8.85. The van der Waals surface area contributed by atoms with Gasteiger partial charge < -0.3 is 20.8 Å². The molecule has 0 radical (unpaired) electrons. The van der Waals surface area contributed by atoms with Crippen LogP contribution < -0.4 is 16.5 Å². The fraction of sp³-hybridized carbons (Fsp3) is 0.304. The monoisotopic (exact) mass is 495 g/mol. The number of rotatable bonds is 6. The smallest absolute Gasteiger partial charge is 0.222 e. The van der Waals surface area contributed by atoms with Crippen LogP contribution in [0, 0.1) is 0 Å². The molecule has 0 spiro atoms. The van der Waals surface area contributed by atoms with Crippen molar-refractivity contribution in [2.45, 2.75) is 0 Å². The Hall–Kier alpha value is -2.72. The van der Waals surface area contributed by atoms with Gasteiger partial charge in [0.1, 0.15) is 5.82 Å². The Balaban J connectivity index is 1.37. The first-order chi connectivity index (χ1) is 15.6. The van der Waals surface area contributed by atoms with Crippen LogP contribution in [0.15, 0.2) is 53.1 Å². The van der Waals surface area contributed by atoms with E-state index in [0.717, 1.165) is 72.6 Å². The molecule has 2 aliphatic rings. The van der Waals surface area contributed by atoms with Crippen molar-refractivity contribution in [3.63, 3.8) is 0 Å². The highest BCUT2D eigenvalue weighted by atomic mass is 79.9. The molecule has 1 aromatic heterocycles. The highest BCUT2D eigenvalue weighted by Gasteiger charge is 2.17. The minimum absolute atomic E-state index is 0.249. The molecule has 32 heavy (non-hydrogen) atoms. The molecule has 0 atom stereocenters. The van der Waals surface area contributed by atoms with Crippen LogP contribution >= 0.6 is 15.9 Å². The number of nitrogen functional groups attached to an aromatic ring is 1. The summed E-state index contributed by atoms with van der Waals surface area (Å²) in [6.45, 7) is 6.41. The zero-order chi connectivity index (χ0) is 21.9. The average Bonchev–Trinajstić information content (AvgIpc) is 3.27. The summed E-state index contributed by atoms with van der Waals surface area (Å²) in [6, 6.07) is 14.2. The summed E-state index contributed by atoms with van der Waals surface area (Å²) in [6.07, 6.45) is 2.20. The van der Waals surface area contributed by atoms with Gasteiger partial charge in [-0.15, -0.1) is 0 Å². The standard InChI is InChI=1S/C23H26BrN7O/c24-18-2-1-3-19(13-18)27-22-20-12-16(4-5-21(20)28-23(25)29-22)17-14-26-31(15-17)7-6-30-8-10-32-11-9-30/h1-5,12-13,15,26H,6-11,14H2,(H3,25,27,28,29). The molecule has 0 aliphatic carbocycles. The molecule has 166 valence electrons. The predicted molar refractivity (Wildman–Crippen MR) is 131 cm³/mol. The van der Waals surface area contributed by atoms with E-state index in [-0.39, 0.29) is 5.95 Å². The van der Waals surface area contributed by atoms with Crippen molar-refractivity contribution in [2.24, 2.45) is 0 Å². The summed E-state index contributed by atoms with van der Waals surface area (Å²) in [4.78, 5) is 11.3. The van der Waals surface area contributed by atoms with E-state index in [1.54, 1.807) is 0 Å². The summed E-state index contributed by atoms with van der Waals surface area (Å²) in [5.74, 6) is 0.946. The topological polar surface area (TPSA) is 91.6 Å². The van der Waals surface area contributed by atoms with E-state index in [9.17, 15) is 0 Å². The first kappa shape index (κ1) is 21.1. The van der Waals surface area contributed by atoms with Crippen LogP contribution in [0.25, 0.3) is 16.5 Å². The molecule has 2 aromatic carbocycles. The first-order valence-corrected chi connectivity index (χ1v) is 11.5. The molecular weight excluding hydrogens is 470 g/mol. The van der Waals surface area contributed by atoms with E-state index < -0.39 is 0 Å². The predicted octanol–water partition coefficient (Wildman–Crippen LogP) is 3.21. The molecule has 3 heterocycles. The lowest BCUT2D eigenvalue weighted by Gasteiger charge is -2.28. The molecule has 1 saturated heterocycles. The van der Waals surface area contributed by atoms with Crippen molar-refractivity contribution in [1.29, 1.82) is 0 Å². The molecule has 5 rings (SSSR count).